The van der Waals surface area contributed by atoms with Crippen LogP contribution in [0.15, 0.2) is 18.6 Å². The Morgan fingerprint density at radius 3 is 2.63 bits per heavy atom. The number of hydrogen-bond donors (Lipinski definition) is 1. The maximum Gasteiger partial charge on any atom is 0.426 e. The molecule has 2 aromatic rings. The molecule has 0 unspecified atom stereocenters. The van der Waals surface area contributed by atoms with Crippen LogP contribution >= 0.6 is 0 Å². The highest BCUT2D eigenvalue weighted by molar-refractivity contribution is 5.90. The van der Waals surface area contributed by atoms with Crippen LogP contribution in [0.1, 0.15) is 19.0 Å². The van der Waals surface area contributed by atoms with Gasteiger partial charge in [-0.3, -0.25) is 4.98 Å². The van der Waals surface area contributed by atoms with Crippen LogP contribution in [0.3, 0.4) is 0 Å². The number of piperazine rings is 1. The van der Waals surface area contributed by atoms with E-state index in [0.29, 0.717) is 36.6 Å². The molecular formula is C20H26N8O2. The van der Waals surface area contributed by atoms with Gasteiger partial charge in [0, 0.05) is 51.7 Å². The number of pyridine rings is 1. The summed E-state index contributed by atoms with van der Waals surface area (Å²) in [4.78, 5) is 35.3. The number of aromatic nitrogens is 3. The van der Waals surface area contributed by atoms with E-state index in [1.54, 1.807) is 23.7 Å². The van der Waals surface area contributed by atoms with Crippen LogP contribution in [-0.2, 0) is 4.84 Å². The average molecular weight is 410 g/mol. The second kappa shape index (κ2) is 8.77. The first-order chi connectivity index (χ1) is 14.5. The third kappa shape index (κ3) is 4.42. The van der Waals surface area contributed by atoms with Crippen LogP contribution in [0, 0.1) is 17.2 Å². The quantitative estimate of drug-likeness (QED) is 0.792. The van der Waals surface area contributed by atoms with E-state index in [2.05, 4.69) is 50.1 Å². The van der Waals surface area contributed by atoms with Crippen molar-refractivity contribution in [1.82, 2.24) is 30.2 Å². The van der Waals surface area contributed by atoms with Crippen LogP contribution < -0.4 is 10.2 Å². The summed E-state index contributed by atoms with van der Waals surface area (Å²) in [7, 11) is 2.06. The second-order valence-electron chi connectivity index (χ2n) is 8.06. The van der Waals surface area contributed by atoms with Crippen LogP contribution in [0.25, 0.3) is 11.0 Å². The summed E-state index contributed by atoms with van der Waals surface area (Å²) in [6, 6.07) is 2.01. The molecular weight excluding hydrogens is 384 g/mol. The first-order valence-electron chi connectivity index (χ1n) is 10.2. The number of anilines is 1. The highest BCUT2D eigenvalue weighted by Gasteiger charge is 2.29. The van der Waals surface area contributed by atoms with Gasteiger partial charge in [0.2, 0.25) is 0 Å². The minimum atomic E-state index is -0.416. The predicted octanol–water partition coefficient (Wildman–Crippen LogP) is 1.000. The number of likely N-dealkylation sites (N-methyl/N-ethyl adjacent to an activating group) is 1. The minimum absolute atomic E-state index is 0.0592. The number of fused-ring (bicyclic) bond motifs is 1. The number of piperidine rings is 1. The Morgan fingerprint density at radius 1 is 1.17 bits per heavy atom. The molecule has 1 N–H and O–H groups in total. The van der Waals surface area contributed by atoms with Crippen molar-refractivity contribution in [2.45, 2.75) is 19.4 Å². The molecule has 0 aliphatic carbocycles. The highest BCUT2D eigenvalue weighted by Crippen LogP contribution is 2.28. The topological polar surface area (TPSA) is 111 Å². The van der Waals surface area contributed by atoms with Gasteiger partial charge in [0.15, 0.2) is 5.69 Å². The molecule has 1 amide bonds. The fourth-order valence-corrected chi connectivity index (χ4v) is 4.10. The normalized spacial score (nSPS) is 23.2. The number of nitriles is 1. The number of hydrogen-bond acceptors (Lipinski definition) is 9. The van der Waals surface area contributed by atoms with Gasteiger partial charge in [-0.2, -0.15) is 5.26 Å². The van der Waals surface area contributed by atoms with E-state index in [1.807, 2.05) is 0 Å². The summed E-state index contributed by atoms with van der Waals surface area (Å²) in [6.45, 7) is 6.74. The number of rotatable bonds is 3. The molecule has 4 rings (SSSR count). The number of amides is 1. The third-order valence-corrected chi connectivity index (χ3v) is 5.58. The lowest BCUT2D eigenvalue weighted by Gasteiger charge is -2.38. The van der Waals surface area contributed by atoms with Crippen molar-refractivity contribution < 1.29 is 9.63 Å². The number of carbonyl (C=O) groups excluding carboxylic acids is 1. The SMILES string of the molecule is C[C@H]1C[C@@H](NC(=O)ON2CCN(C)CC2)CN(c2cnc(C#N)c3nccnc23)C1. The summed E-state index contributed by atoms with van der Waals surface area (Å²) in [5.74, 6) is 0.357. The Kier molecular flexibility index (Phi) is 5.92. The van der Waals surface area contributed by atoms with Gasteiger partial charge in [-0.25, -0.2) is 14.8 Å². The Morgan fingerprint density at radius 2 is 1.90 bits per heavy atom. The molecule has 4 heterocycles. The van der Waals surface area contributed by atoms with E-state index in [4.69, 9.17) is 4.84 Å². The molecule has 2 saturated heterocycles. The Labute approximate surface area is 175 Å². The number of nitrogens with one attached hydrogen (secondary N) is 1. The zero-order chi connectivity index (χ0) is 21.1. The maximum atomic E-state index is 12.4. The first-order valence-corrected chi connectivity index (χ1v) is 10.2. The molecule has 2 atom stereocenters. The van der Waals surface area contributed by atoms with Gasteiger partial charge in [0.05, 0.1) is 17.9 Å². The van der Waals surface area contributed by atoms with Crippen molar-refractivity contribution in [3.8, 4) is 6.07 Å². The summed E-state index contributed by atoms with van der Waals surface area (Å²) in [6.07, 6.45) is 5.30. The summed E-state index contributed by atoms with van der Waals surface area (Å²) < 4.78 is 0. The first kappa shape index (κ1) is 20.3. The zero-order valence-corrected chi connectivity index (χ0v) is 17.3. The van der Waals surface area contributed by atoms with E-state index in [1.165, 1.54) is 0 Å². The van der Waals surface area contributed by atoms with Crippen LogP contribution in [0.5, 0.6) is 0 Å². The lowest BCUT2D eigenvalue weighted by molar-refractivity contribution is -0.121. The molecule has 2 aliphatic rings. The molecule has 0 aromatic carbocycles. The number of hydroxylamine groups is 2. The highest BCUT2D eigenvalue weighted by atomic mass is 16.7. The smallest absolute Gasteiger partial charge is 0.366 e. The largest absolute Gasteiger partial charge is 0.426 e. The van der Waals surface area contributed by atoms with Crippen molar-refractivity contribution in [3.05, 3.63) is 24.3 Å². The van der Waals surface area contributed by atoms with Gasteiger partial charge in [0.1, 0.15) is 17.1 Å². The van der Waals surface area contributed by atoms with Gasteiger partial charge in [-0.05, 0) is 19.4 Å². The average Bonchev–Trinajstić information content (AvgIpc) is 2.74. The molecule has 2 aliphatic heterocycles. The Hall–Kier alpha value is -3.03. The summed E-state index contributed by atoms with van der Waals surface area (Å²) >= 11 is 0. The van der Waals surface area contributed by atoms with Crippen molar-refractivity contribution in [3.63, 3.8) is 0 Å². The second-order valence-corrected chi connectivity index (χ2v) is 8.06. The van der Waals surface area contributed by atoms with E-state index >= 15 is 0 Å². The molecule has 30 heavy (non-hydrogen) atoms. The van der Waals surface area contributed by atoms with E-state index < -0.39 is 6.09 Å². The molecule has 2 aromatic heterocycles. The molecule has 2 fully saturated rings. The van der Waals surface area contributed by atoms with Gasteiger partial charge in [0.25, 0.3) is 0 Å². The van der Waals surface area contributed by atoms with Crippen molar-refractivity contribution >= 4 is 22.8 Å². The zero-order valence-electron chi connectivity index (χ0n) is 17.3. The van der Waals surface area contributed by atoms with Gasteiger partial charge >= 0.3 is 6.09 Å². The van der Waals surface area contributed by atoms with Crippen molar-refractivity contribution in [1.29, 1.82) is 5.26 Å². The molecule has 0 spiro atoms. The fraction of sp³-hybridized carbons (Fsp3) is 0.550. The fourth-order valence-electron chi connectivity index (χ4n) is 4.10. The van der Waals surface area contributed by atoms with Gasteiger partial charge in [-0.1, -0.05) is 6.92 Å². The van der Waals surface area contributed by atoms with Gasteiger partial charge in [-0.15, -0.1) is 5.06 Å². The minimum Gasteiger partial charge on any atom is -0.366 e. The van der Waals surface area contributed by atoms with E-state index in [-0.39, 0.29) is 11.7 Å². The third-order valence-electron chi connectivity index (χ3n) is 5.58. The standard InChI is InChI=1S/C20H26N8O2/c1-14-9-15(25-20(29)30-28-7-5-26(2)6-8-28)13-27(12-14)17-11-24-16(10-21)18-19(17)23-4-3-22-18/h3-4,11,14-15H,5-9,12-13H2,1-2H3,(H,25,29)/t14-,15+/m0/s1. The monoisotopic (exact) mass is 410 g/mol. The molecule has 0 saturated carbocycles. The molecule has 158 valence electrons. The number of carbonyl (C=O) groups is 1. The molecule has 0 radical (unpaired) electrons. The predicted molar refractivity (Wildman–Crippen MR) is 111 cm³/mol. The maximum absolute atomic E-state index is 12.4. The Balaban J connectivity index is 1.46. The molecule has 10 nitrogen and oxygen atoms in total. The Bertz CT molecular complexity index is 953. The van der Waals surface area contributed by atoms with Crippen LogP contribution in [0.2, 0.25) is 0 Å². The van der Waals surface area contributed by atoms with Crippen LogP contribution in [-0.4, -0.2) is 83.4 Å². The van der Waals surface area contributed by atoms with E-state index in [9.17, 15) is 10.1 Å². The molecule has 10 heteroatoms. The lowest BCUT2D eigenvalue weighted by atomic mass is 9.95. The molecule has 0 bridgehead atoms. The van der Waals surface area contributed by atoms with Crippen molar-refractivity contribution in [2.75, 3.05) is 51.2 Å². The van der Waals surface area contributed by atoms with E-state index in [0.717, 1.165) is 31.7 Å². The number of nitrogens with zero attached hydrogens (tertiary/aromatic N) is 7. The lowest BCUT2D eigenvalue weighted by Crippen LogP contribution is -2.52. The summed E-state index contributed by atoms with van der Waals surface area (Å²) in [5.41, 5.74) is 2.23. The van der Waals surface area contributed by atoms with Crippen LogP contribution in [0.4, 0.5) is 10.5 Å². The van der Waals surface area contributed by atoms with Gasteiger partial charge < -0.3 is 20.0 Å². The van der Waals surface area contributed by atoms with Crippen molar-refractivity contribution in [2.24, 2.45) is 5.92 Å². The summed E-state index contributed by atoms with van der Waals surface area (Å²) in [5, 5.41) is 14.0.